The van der Waals surface area contributed by atoms with Gasteiger partial charge in [-0.05, 0) is 35.9 Å². The number of aromatic nitrogens is 4. The Morgan fingerprint density at radius 3 is 2.56 bits per heavy atom. The highest BCUT2D eigenvalue weighted by Gasteiger charge is 2.02. The molecule has 2 rings (SSSR count). The van der Waals surface area contributed by atoms with Gasteiger partial charge in [-0.15, -0.1) is 10.2 Å². The van der Waals surface area contributed by atoms with Crippen LogP contribution in [0.1, 0.15) is 11.4 Å². The molecule has 0 amide bonds. The monoisotopic (exact) mass is 253 g/mol. The van der Waals surface area contributed by atoms with Crippen molar-refractivity contribution in [2.75, 3.05) is 6.54 Å². The SMILES string of the molecule is Cn1nnc(CNCCc2cc(F)cc(F)c2)n1. The molecule has 2 aromatic rings. The Bertz CT molecular complexity index is 506. The second kappa shape index (κ2) is 5.63. The highest BCUT2D eigenvalue weighted by molar-refractivity contribution is 5.18. The maximum absolute atomic E-state index is 12.9. The number of nitrogens with zero attached hydrogens (tertiary/aromatic N) is 4. The minimum Gasteiger partial charge on any atom is -0.309 e. The summed E-state index contributed by atoms with van der Waals surface area (Å²) in [6.45, 7) is 1.06. The molecule has 1 aromatic carbocycles. The fourth-order valence-corrected chi connectivity index (χ4v) is 1.58. The van der Waals surface area contributed by atoms with E-state index in [0.717, 1.165) is 6.07 Å². The molecule has 0 saturated carbocycles. The van der Waals surface area contributed by atoms with Crippen molar-refractivity contribution in [1.29, 1.82) is 0 Å². The van der Waals surface area contributed by atoms with Gasteiger partial charge in [-0.3, -0.25) is 0 Å². The molecule has 0 spiro atoms. The molecule has 1 aromatic heterocycles. The first-order chi connectivity index (χ1) is 8.63. The standard InChI is InChI=1S/C11H13F2N5/c1-18-16-11(15-17-18)7-14-3-2-8-4-9(12)6-10(13)5-8/h4-6,14H,2-3,7H2,1H3. The summed E-state index contributed by atoms with van der Waals surface area (Å²) >= 11 is 0. The molecule has 96 valence electrons. The molecular weight excluding hydrogens is 240 g/mol. The molecule has 0 fully saturated rings. The van der Waals surface area contributed by atoms with Crippen LogP contribution in [-0.2, 0) is 20.0 Å². The van der Waals surface area contributed by atoms with E-state index in [2.05, 4.69) is 20.7 Å². The van der Waals surface area contributed by atoms with Crippen molar-refractivity contribution < 1.29 is 8.78 Å². The van der Waals surface area contributed by atoms with Crippen LogP contribution >= 0.6 is 0 Å². The van der Waals surface area contributed by atoms with Gasteiger partial charge in [-0.1, -0.05) is 0 Å². The summed E-state index contributed by atoms with van der Waals surface area (Å²) in [7, 11) is 1.69. The van der Waals surface area contributed by atoms with Gasteiger partial charge < -0.3 is 5.32 Å². The number of rotatable bonds is 5. The number of benzene rings is 1. The van der Waals surface area contributed by atoms with Gasteiger partial charge in [0.25, 0.3) is 0 Å². The summed E-state index contributed by atoms with van der Waals surface area (Å²) < 4.78 is 25.8. The number of halogens is 2. The number of tetrazole rings is 1. The first-order valence-electron chi connectivity index (χ1n) is 5.52. The highest BCUT2D eigenvalue weighted by Crippen LogP contribution is 2.08. The van der Waals surface area contributed by atoms with Crippen molar-refractivity contribution in [3.05, 3.63) is 41.2 Å². The van der Waals surface area contributed by atoms with E-state index in [1.54, 1.807) is 7.05 Å². The number of aryl methyl sites for hydroxylation is 1. The molecule has 5 nitrogen and oxygen atoms in total. The van der Waals surface area contributed by atoms with Crippen LogP contribution in [0.5, 0.6) is 0 Å². The van der Waals surface area contributed by atoms with Crippen LogP contribution in [-0.4, -0.2) is 26.8 Å². The number of nitrogens with one attached hydrogen (secondary N) is 1. The Labute approximate surface area is 103 Å². The van der Waals surface area contributed by atoms with E-state index in [-0.39, 0.29) is 0 Å². The molecule has 0 aliphatic heterocycles. The zero-order chi connectivity index (χ0) is 13.0. The van der Waals surface area contributed by atoms with Crippen molar-refractivity contribution in [3.63, 3.8) is 0 Å². The number of hydrogen-bond donors (Lipinski definition) is 1. The van der Waals surface area contributed by atoms with Crippen LogP contribution in [0.15, 0.2) is 18.2 Å². The minimum absolute atomic E-state index is 0.478. The topological polar surface area (TPSA) is 55.6 Å². The first kappa shape index (κ1) is 12.6. The molecule has 0 radical (unpaired) electrons. The average Bonchev–Trinajstić information content (AvgIpc) is 2.69. The van der Waals surface area contributed by atoms with Crippen molar-refractivity contribution in [2.24, 2.45) is 7.05 Å². The lowest BCUT2D eigenvalue weighted by Gasteiger charge is -2.03. The third-order valence-corrected chi connectivity index (χ3v) is 2.35. The summed E-state index contributed by atoms with van der Waals surface area (Å²) in [6.07, 6.45) is 0.537. The Balaban J connectivity index is 1.78. The third-order valence-electron chi connectivity index (χ3n) is 2.35. The summed E-state index contributed by atoms with van der Waals surface area (Å²) in [6, 6.07) is 3.51. The van der Waals surface area contributed by atoms with Crippen LogP contribution in [0.25, 0.3) is 0 Å². The lowest BCUT2D eigenvalue weighted by atomic mass is 10.1. The molecule has 1 heterocycles. The van der Waals surface area contributed by atoms with Crippen LogP contribution in [0, 0.1) is 11.6 Å². The van der Waals surface area contributed by atoms with Crippen molar-refractivity contribution >= 4 is 0 Å². The summed E-state index contributed by atoms with van der Waals surface area (Å²) in [4.78, 5) is 1.37. The van der Waals surface area contributed by atoms with Gasteiger partial charge in [0.05, 0.1) is 13.6 Å². The first-order valence-corrected chi connectivity index (χ1v) is 5.52. The minimum atomic E-state index is -0.555. The zero-order valence-electron chi connectivity index (χ0n) is 9.90. The highest BCUT2D eigenvalue weighted by atomic mass is 19.1. The molecule has 0 aliphatic carbocycles. The van der Waals surface area contributed by atoms with E-state index >= 15 is 0 Å². The summed E-state index contributed by atoms with van der Waals surface area (Å²) in [5, 5.41) is 14.6. The molecule has 1 N–H and O–H groups in total. The van der Waals surface area contributed by atoms with Gasteiger partial charge >= 0.3 is 0 Å². The normalized spacial score (nSPS) is 10.8. The third kappa shape index (κ3) is 3.56. The smallest absolute Gasteiger partial charge is 0.188 e. The maximum atomic E-state index is 12.9. The fourth-order valence-electron chi connectivity index (χ4n) is 1.58. The lowest BCUT2D eigenvalue weighted by Crippen LogP contribution is -2.17. The Morgan fingerprint density at radius 2 is 1.94 bits per heavy atom. The van der Waals surface area contributed by atoms with E-state index in [1.807, 2.05) is 0 Å². The predicted octanol–water partition coefficient (Wildman–Crippen LogP) is 0.821. The molecule has 0 bridgehead atoms. The van der Waals surface area contributed by atoms with Crippen LogP contribution in [0.2, 0.25) is 0 Å². The average molecular weight is 253 g/mol. The summed E-state index contributed by atoms with van der Waals surface area (Å²) in [5.41, 5.74) is 0.618. The zero-order valence-corrected chi connectivity index (χ0v) is 9.90. The van der Waals surface area contributed by atoms with Gasteiger partial charge in [0.15, 0.2) is 5.82 Å². The van der Waals surface area contributed by atoms with Crippen molar-refractivity contribution in [1.82, 2.24) is 25.5 Å². The quantitative estimate of drug-likeness (QED) is 0.802. The van der Waals surface area contributed by atoms with Gasteiger partial charge in [0, 0.05) is 6.07 Å². The van der Waals surface area contributed by atoms with E-state index < -0.39 is 11.6 Å². The lowest BCUT2D eigenvalue weighted by molar-refractivity contribution is 0.576. The second-order valence-corrected chi connectivity index (χ2v) is 3.90. The summed E-state index contributed by atoms with van der Waals surface area (Å²) in [5.74, 6) is -0.524. The largest absolute Gasteiger partial charge is 0.309 e. The fraction of sp³-hybridized carbons (Fsp3) is 0.364. The van der Waals surface area contributed by atoms with Crippen molar-refractivity contribution in [3.8, 4) is 0 Å². The predicted molar refractivity (Wildman–Crippen MR) is 60.6 cm³/mol. The molecule has 0 atom stereocenters. The van der Waals surface area contributed by atoms with Gasteiger partial charge in [-0.2, -0.15) is 4.80 Å². The van der Waals surface area contributed by atoms with E-state index in [1.165, 1.54) is 16.9 Å². The molecule has 0 saturated heterocycles. The number of hydrogen-bond acceptors (Lipinski definition) is 4. The van der Waals surface area contributed by atoms with Crippen molar-refractivity contribution in [2.45, 2.75) is 13.0 Å². The maximum Gasteiger partial charge on any atom is 0.188 e. The Morgan fingerprint density at radius 1 is 1.22 bits per heavy atom. The Kier molecular flexibility index (Phi) is 3.93. The van der Waals surface area contributed by atoms with Crippen LogP contribution < -0.4 is 5.32 Å². The van der Waals surface area contributed by atoms with Gasteiger partial charge in [-0.25, -0.2) is 8.78 Å². The van der Waals surface area contributed by atoms with Crippen LogP contribution in [0.3, 0.4) is 0 Å². The van der Waals surface area contributed by atoms with Gasteiger partial charge in [0.2, 0.25) is 0 Å². The van der Waals surface area contributed by atoms with E-state index in [0.29, 0.717) is 30.9 Å². The molecule has 0 aliphatic rings. The van der Waals surface area contributed by atoms with Crippen LogP contribution in [0.4, 0.5) is 8.78 Å². The van der Waals surface area contributed by atoms with E-state index in [9.17, 15) is 8.78 Å². The molecule has 18 heavy (non-hydrogen) atoms. The molecule has 7 heteroatoms. The Hall–Kier alpha value is -1.89. The second-order valence-electron chi connectivity index (χ2n) is 3.90. The van der Waals surface area contributed by atoms with E-state index in [4.69, 9.17) is 0 Å². The molecule has 0 unspecified atom stereocenters. The van der Waals surface area contributed by atoms with Gasteiger partial charge in [0.1, 0.15) is 11.6 Å². The molecular formula is C11H13F2N5.